The lowest BCUT2D eigenvalue weighted by molar-refractivity contribution is -0.152. The van der Waals surface area contributed by atoms with Crippen LogP contribution in [0.1, 0.15) is 23.0 Å². The normalized spacial score (nSPS) is 12.0. The number of fused-ring (bicyclic) bond motifs is 1. The quantitative estimate of drug-likeness (QED) is 0.697. The molecule has 1 aromatic heterocycles. The third kappa shape index (κ3) is 1.68. The van der Waals surface area contributed by atoms with E-state index < -0.39 is 11.9 Å². The summed E-state index contributed by atoms with van der Waals surface area (Å²) in [6.45, 7) is 1.28. The molecule has 5 heteroatoms. The van der Waals surface area contributed by atoms with Crippen LogP contribution in [0.5, 0.6) is 0 Å². The Morgan fingerprint density at radius 1 is 1.31 bits per heavy atom. The molecule has 0 aliphatic heterocycles. The van der Waals surface area contributed by atoms with Crippen LogP contribution in [-0.2, 0) is 6.18 Å². The Morgan fingerprint density at radius 3 is 2.56 bits per heavy atom. The van der Waals surface area contributed by atoms with E-state index in [0.717, 1.165) is 6.07 Å². The largest absolute Gasteiger partial charge is 0.451 e. The number of carbonyl (C=O) groups is 1. The summed E-state index contributed by atoms with van der Waals surface area (Å²) < 4.78 is 41.8. The van der Waals surface area contributed by atoms with E-state index >= 15 is 0 Å². The number of hydrogen-bond donors (Lipinski definition) is 0. The van der Waals surface area contributed by atoms with Gasteiger partial charge in [0.25, 0.3) is 0 Å². The van der Waals surface area contributed by atoms with E-state index in [2.05, 4.69) is 4.42 Å². The van der Waals surface area contributed by atoms with Crippen molar-refractivity contribution in [2.24, 2.45) is 0 Å². The van der Waals surface area contributed by atoms with Crippen molar-refractivity contribution in [3.63, 3.8) is 0 Å². The minimum Gasteiger partial charge on any atom is -0.451 e. The van der Waals surface area contributed by atoms with Gasteiger partial charge in [-0.05, 0) is 19.1 Å². The summed E-state index contributed by atoms with van der Waals surface area (Å²) in [7, 11) is 0. The maximum absolute atomic E-state index is 12.4. The maximum Gasteiger partial charge on any atom is 0.449 e. The lowest BCUT2D eigenvalue weighted by Crippen LogP contribution is -2.01. The highest BCUT2D eigenvalue weighted by Crippen LogP contribution is 2.34. The molecular formula is C11H7F3O2. The van der Waals surface area contributed by atoms with Gasteiger partial charge in [-0.15, -0.1) is 0 Å². The Bertz CT molecular complexity index is 552. The Balaban J connectivity index is 2.71. The van der Waals surface area contributed by atoms with Gasteiger partial charge in [-0.2, -0.15) is 13.2 Å². The molecular weight excluding hydrogens is 221 g/mol. The van der Waals surface area contributed by atoms with Gasteiger partial charge in [0, 0.05) is 5.39 Å². The summed E-state index contributed by atoms with van der Waals surface area (Å²) in [5, 5.41) is 0.278. The highest BCUT2D eigenvalue weighted by atomic mass is 19.4. The second kappa shape index (κ2) is 3.37. The lowest BCUT2D eigenvalue weighted by atomic mass is 10.1. The standard InChI is InChI=1S/C11H7F3O2/c1-6(15)8-4-2-3-7-5-9(11(12,13)14)16-10(7)8/h2-5H,1H3. The van der Waals surface area contributed by atoms with Crippen molar-refractivity contribution in [1.82, 2.24) is 0 Å². The van der Waals surface area contributed by atoms with Gasteiger partial charge in [0.05, 0.1) is 5.56 Å². The Morgan fingerprint density at radius 2 is 2.00 bits per heavy atom. The molecule has 2 rings (SSSR count). The molecule has 0 N–H and O–H groups in total. The number of halogens is 3. The van der Waals surface area contributed by atoms with Gasteiger partial charge in [0.1, 0.15) is 5.58 Å². The summed E-state index contributed by atoms with van der Waals surface area (Å²) in [4.78, 5) is 11.2. The second-order valence-electron chi connectivity index (χ2n) is 3.39. The van der Waals surface area contributed by atoms with Crippen molar-refractivity contribution in [2.75, 3.05) is 0 Å². The van der Waals surface area contributed by atoms with E-state index in [1.54, 1.807) is 0 Å². The molecule has 0 amide bonds. The molecule has 0 aliphatic carbocycles. The highest BCUT2D eigenvalue weighted by Gasteiger charge is 2.35. The third-order valence-electron chi connectivity index (χ3n) is 2.20. The first-order valence-electron chi connectivity index (χ1n) is 4.50. The van der Waals surface area contributed by atoms with Crippen molar-refractivity contribution in [2.45, 2.75) is 13.1 Å². The zero-order chi connectivity index (χ0) is 11.9. The van der Waals surface area contributed by atoms with Crippen LogP contribution in [0, 0.1) is 0 Å². The fraction of sp³-hybridized carbons (Fsp3) is 0.182. The first-order chi connectivity index (χ1) is 7.39. The van der Waals surface area contributed by atoms with Crippen molar-refractivity contribution >= 4 is 16.8 Å². The molecule has 2 nitrogen and oxygen atoms in total. The number of benzene rings is 1. The number of furan rings is 1. The molecule has 16 heavy (non-hydrogen) atoms. The molecule has 2 aromatic rings. The van der Waals surface area contributed by atoms with Gasteiger partial charge in [0.2, 0.25) is 5.76 Å². The highest BCUT2D eigenvalue weighted by molar-refractivity contribution is 6.04. The fourth-order valence-electron chi connectivity index (χ4n) is 1.48. The smallest absolute Gasteiger partial charge is 0.449 e. The average molecular weight is 228 g/mol. The zero-order valence-corrected chi connectivity index (χ0v) is 8.26. The van der Waals surface area contributed by atoms with Crippen molar-refractivity contribution in [3.05, 3.63) is 35.6 Å². The monoisotopic (exact) mass is 228 g/mol. The van der Waals surface area contributed by atoms with Crippen LogP contribution in [0.15, 0.2) is 28.7 Å². The molecule has 0 atom stereocenters. The molecule has 0 saturated heterocycles. The van der Waals surface area contributed by atoms with E-state index in [-0.39, 0.29) is 22.3 Å². The van der Waals surface area contributed by atoms with Crippen molar-refractivity contribution < 1.29 is 22.4 Å². The van der Waals surface area contributed by atoms with Gasteiger partial charge < -0.3 is 4.42 Å². The first-order valence-corrected chi connectivity index (χ1v) is 4.50. The summed E-state index contributed by atoms with van der Waals surface area (Å²) >= 11 is 0. The SMILES string of the molecule is CC(=O)c1cccc2cc(C(F)(F)F)oc12. The van der Waals surface area contributed by atoms with Gasteiger partial charge in [-0.1, -0.05) is 12.1 Å². The minimum absolute atomic E-state index is 0.0117. The molecule has 0 bridgehead atoms. The first kappa shape index (κ1) is 10.7. The molecule has 1 heterocycles. The van der Waals surface area contributed by atoms with E-state index in [1.807, 2.05) is 0 Å². The molecule has 0 unspecified atom stereocenters. The van der Waals surface area contributed by atoms with E-state index in [9.17, 15) is 18.0 Å². The van der Waals surface area contributed by atoms with Crippen LogP contribution in [0.2, 0.25) is 0 Å². The summed E-state index contributed by atoms with van der Waals surface area (Å²) in [5.41, 5.74) is 0.148. The van der Waals surface area contributed by atoms with Crippen molar-refractivity contribution in [3.8, 4) is 0 Å². The van der Waals surface area contributed by atoms with E-state index in [0.29, 0.717) is 0 Å². The number of rotatable bonds is 1. The van der Waals surface area contributed by atoms with Gasteiger partial charge in [-0.3, -0.25) is 4.79 Å². The van der Waals surface area contributed by atoms with Crippen LogP contribution < -0.4 is 0 Å². The zero-order valence-electron chi connectivity index (χ0n) is 8.26. The average Bonchev–Trinajstić information content (AvgIpc) is 2.59. The number of alkyl halides is 3. The fourth-order valence-corrected chi connectivity index (χ4v) is 1.48. The Labute approximate surface area is 88.7 Å². The van der Waals surface area contributed by atoms with Crippen LogP contribution in [0.25, 0.3) is 11.0 Å². The van der Waals surface area contributed by atoms with Gasteiger partial charge >= 0.3 is 6.18 Å². The Kier molecular flexibility index (Phi) is 2.26. The topological polar surface area (TPSA) is 30.2 Å². The minimum atomic E-state index is -4.53. The molecule has 84 valence electrons. The van der Waals surface area contributed by atoms with Crippen LogP contribution in [-0.4, -0.2) is 5.78 Å². The van der Waals surface area contributed by atoms with Crippen LogP contribution in [0.4, 0.5) is 13.2 Å². The predicted octanol–water partition coefficient (Wildman–Crippen LogP) is 3.65. The van der Waals surface area contributed by atoms with Crippen LogP contribution in [0.3, 0.4) is 0 Å². The Hall–Kier alpha value is -1.78. The number of Topliss-reactive ketones (excluding diaryl/α,β-unsaturated/α-hetero) is 1. The lowest BCUT2D eigenvalue weighted by Gasteiger charge is -2.00. The molecule has 0 saturated carbocycles. The molecule has 0 aliphatic rings. The molecule has 0 spiro atoms. The van der Waals surface area contributed by atoms with Gasteiger partial charge in [-0.25, -0.2) is 0 Å². The van der Waals surface area contributed by atoms with Crippen LogP contribution >= 0.6 is 0 Å². The number of hydrogen-bond acceptors (Lipinski definition) is 2. The summed E-state index contributed by atoms with van der Waals surface area (Å²) in [6.07, 6.45) is -4.53. The predicted molar refractivity (Wildman–Crippen MR) is 51.2 cm³/mol. The number of para-hydroxylation sites is 1. The molecule has 0 radical (unpaired) electrons. The molecule has 0 fully saturated rings. The third-order valence-corrected chi connectivity index (χ3v) is 2.20. The molecule has 1 aromatic carbocycles. The van der Waals surface area contributed by atoms with E-state index in [4.69, 9.17) is 0 Å². The number of ketones is 1. The van der Waals surface area contributed by atoms with Gasteiger partial charge in [0.15, 0.2) is 5.78 Å². The maximum atomic E-state index is 12.4. The van der Waals surface area contributed by atoms with E-state index in [1.165, 1.54) is 25.1 Å². The number of carbonyl (C=O) groups excluding carboxylic acids is 1. The van der Waals surface area contributed by atoms with Crippen molar-refractivity contribution in [1.29, 1.82) is 0 Å². The summed E-state index contributed by atoms with van der Waals surface area (Å²) in [6, 6.07) is 5.32. The second-order valence-corrected chi connectivity index (χ2v) is 3.39. The summed E-state index contributed by atoms with van der Waals surface area (Å²) in [5.74, 6) is -1.41.